The number of rotatable bonds is 2. The second-order valence-electron chi connectivity index (χ2n) is 10.3. The number of aromatic nitrogens is 8. The zero-order chi connectivity index (χ0) is 30.1. The molecular formula is C21H25FN10O9P2. The van der Waals surface area contributed by atoms with E-state index < -0.39 is 71.5 Å². The Bertz CT molecular complexity index is 1790. The summed E-state index contributed by atoms with van der Waals surface area (Å²) in [6, 6.07) is -1.01. The fourth-order valence-electron chi connectivity index (χ4n) is 5.70. The lowest BCUT2D eigenvalue weighted by molar-refractivity contribution is -0.0541. The molecule has 9 atom stereocenters. The lowest BCUT2D eigenvalue weighted by Crippen LogP contribution is -2.33. The Morgan fingerprint density at radius 3 is 2.12 bits per heavy atom. The van der Waals surface area contributed by atoms with E-state index in [2.05, 4.69) is 29.9 Å². The number of halogens is 1. The zero-order valence-electron chi connectivity index (χ0n) is 21.9. The van der Waals surface area contributed by atoms with Crippen molar-refractivity contribution in [3.63, 3.8) is 0 Å². The Morgan fingerprint density at radius 1 is 0.814 bits per heavy atom. The molecule has 4 aromatic rings. The van der Waals surface area contributed by atoms with Gasteiger partial charge in [0, 0.05) is 12.3 Å². The molecule has 0 radical (unpaired) electrons. The molecule has 2 saturated heterocycles. The first kappa shape index (κ1) is 28.6. The van der Waals surface area contributed by atoms with Gasteiger partial charge in [-0.05, 0) is 6.42 Å². The van der Waals surface area contributed by atoms with Gasteiger partial charge in [0.15, 0.2) is 22.9 Å². The molecule has 6 N–H and O–H groups in total. The molecule has 0 bridgehead atoms. The van der Waals surface area contributed by atoms with Crippen LogP contribution in [0.25, 0.3) is 22.3 Å². The Hall–Kier alpha value is -3.19. The second kappa shape index (κ2) is 10.5. The third-order valence-electron chi connectivity index (χ3n) is 7.69. The smallest absolute Gasteiger partial charge is 0.382 e. The second-order valence-corrected chi connectivity index (χ2v) is 13.1. The summed E-state index contributed by atoms with van der Waals surface area (Å²) in [5, 5.41) is 0. The summed E-state index contributed by atoms with van der Waals surface area (Å²) in [6.07, 6.45) is -1.54. The summed E-state index contributed by atoms with van der Waals surface area (Å²) in [7, 11) is -9.67. The summed E-state index contributed by atoms with van der Waals surface area (Å²) in [5.41, 5.74) is 12.8. The normalized spacial score (nSPS) is 37.1. The lowest BCUT2D eigenvalue weighted by atomic mass is 10.1. The molecule has 3 fully saturated rings. The summed E-state index contributed by atoms with van der Waals surface area (Å²) >= 11 is 0. The molecule has 7 rings (SSSR count). The minimum Gasteiger partial charge on any atom is -0.382 e. The first-order valence-corrected chi connectivity index (χ1v) is 16.0. The largest absolute Gasteiger partial charge is 0.472 e. The minimum absolute atomic E-state index is 0.0206. The van der Waals surface area contributed by atoms with E-state index in [0.29, 0.717) is 11.2 Å². The fourth-order valence-corrected chi connectivity index (χ4v) is 7.69. The minimum atomic E-state index is -4.90. The van der Waals surface area contributed by atoms with Gasteiger partial charge in [-0.1, -0.05) is 0 Å². The van der Waals surface area contributed by atoms with E-state index in [1.54, 1.807) is 0 Å². The van der Waals surface area contributed by atoms with Crippen molar-refractivity contribution in [3.05, 3.63) is 25.3 Å². The molecule has 43 heavy (non-hydrogen) atoms. The van der Waals surface area contributed by atoms with Crippen LogP contribution in [0.15, 0.2) is 25.3 Å². The Balaban J connectivity index is 1.15. The number of hydrogen-bond acceptors (Lipinski definition) is 15. The number of imidazole rings is 2. The van der Waals surface area contributed by atoms with Gasteiger partial charge in [0.05, 0.1) is 31.9 Å². The number of alkyl halides is 1. The van der Waals surface area contributed by atoms with Gasteiger partial charge in [-0.15, -0.1) is 0 Å². The van der Waals surface area contributed by atoms with Gasteiger partial charge in [0.25, 0.3) is 0 Å². The summed E-state index contributed by atoms with van der Waals surface area (Å²) in [6.45, 7) is -1.16. The number of anilines is 2. The van der Waals surface area contributed by atoms with Crippen LogP contribution < -0.4 is 11.5 Å². The molecule has 2 aliphatic heterocycles. The monoisotopic (exact) mass is 642 g/mol. The Kier molecular flexibility index (Phi) is 6.95. The molecule has 230 valence electrons. The van der Waals surface area contributed by atoms with E-state index in [0.717, 1.165) is 0 Å². The molecule has 4 aromatic heterocycles. The van der Waals surface area contributed by atoms with Gasteiger partial charge < -0.3 is 30.6 Å². The highest BCUT2D eigenvalue weighted by Gasteiger charge is 2.51. The summed E-state index contributed by atoms with van der Waals surface area (Å²) in [5.74, 6) is -0.754. The van der Waals surface area contributed by atoms with E-state index in [-0.39, 0.29) is 35.6 Å². The topological polar surface area (TPSA) is 260 Å². The maximum Gasteiger partial charge on any atom is 0.472 e. The lowest BCUT2D eigenvalue weighted by Gasteiger charge is -2.28. The van der Waals surface area contributed by atoms with E-state index in [4.69, 9.17) is 34.3 Å². The van der Waals surface area contributed by atoms with Crippen molar-refractivity contribution in [2.24, 2.45) is 5.92 Å². The van der Waals surface area contributed by atoms with Crippen LogP contribution in [0.4, 0.5) is 16.0 Å². The molecule has 0 amide bonds. The van der Waals surface area contributed by atoms with Crippen LogP contribution in [0.5, 0.6) is 0 Å². The molecular weight excluding hydrogens is 617 g/mol. The third-order valence-corrected chi connectivity index (χ3v) is 9.69. The van der Waals surface area contributed by atoms with Crippen molar-refractivity contribution >= 4 is 49.6 Å². The van der Waals surface area contributed by atoms with E-state index >= 15 is 4.39 Å². The number of nitrogen functional groups attached to an aromatic ring is 2. The van der Waals surface area contributed by atoms with Gasteiger partial charge in [0.2, 0.25) is 0 Å². The molecule has 0 spiro atoms. The van der Waals surface area contributed by atoms with E-state index in [1.807, 2.05) is 0 Å². The molecule has 19 nitrogen and oxygen atoms in total. The van der Waals surface area contributed by atoms with Gasteiger partial charge in [-0.3, -0.25) is 22.7 Å². The highest BCUT2D eigenvalue weighted by molar-refractivity contribution is 7.47. The summed E-state index contributed by atoms with van der Waals surface area (Å²) in [4.78, 5) is 45.6. The van der Waals surface area contributed by atoms with Gasteiger partial charge in [0.1, 0.15) is 54.4 Å². The molecule has 6 heterocycles. The van der Waals surface area contributed by atoms with Crippen molar-refractivity contribution < 1.29 is 46.1 Å². The van der Waals surface area contributed by atoms with Crippen molar-refractivity contribution in [2.75, 3.05) is 24.7 Å². The molecule has 0 aromatic carbocycles. The van der Waals surface area contributed by atoms with Crippen LogP contribution in [0.2, 0.25) is 0 Å². The quantitative estimate of drug-likeness (QED) is 0.223. The predicted molar refractivity (Wildman–Crippen MR) is 141 cm³/mol. The summed E-state index contributed by atoms with van der Waals surface area (Å²) < 4.78 is 72.2. The number of phosphoric ester groups is 2. The zero-order valence-corrected chi connectivity index (χ0v) is 23.7. The van der Waals surface area contributed by atoms with Gasteiger partial charge in [-0.2, -0.15) is 0 Å². The SMILES string of the molecule is Nc1ncnc2c1ncn2C1CC2COP(=O)(O)O[C@@H]3C[C@H](n4cnc5c(N)ncnc54)OC3COP(=O)(O)OC2C1F. The molecule has 1 saturated carbocycles. The maximum atomic E-state index is 16.0. The third kappa shape index (κ3) is 5.17. The number of fused-ring (bicyclic) bond motifs is 4. The van der Waals surface area contributed by atoms with E-state index in [9.17, 15) is 18.9 Å². The fraction of sp³-hybridized carbons (Fsp3) is 0.524. The molecule has 7 unspecified atom stereocenters. The van der Waals surface area contributed by atoms with Crippen LogP contribution in [0.1, 0.15) is 25.1 Å². The highest BCUT2D eigenvalue weighted by Crippen LogP contribution is 2.55. The van der Waals surface area contributed by atoms with Crippen molar-refractivity contribution in [1.29, 1.82) is 0 Å². The number of nitrogens with zero attached hydrogens (tertiary/aromatic N) is 8. The van der Waals surface area contributed by atoms with E-state index in [1.165, 1.54) is 34.4 Å². The number of nitrogens with two attached hydrogens (primary N) is 2. The average molecular weight is 642 g/mol. The van der Waals surface area contributed by atoms with Crippen LogP contribution in [0.3, 0.4) is 0 Å². The van der Waals surface area contributed by atoms with Crippen LogP contribution in [-0.2, 0) is 32.0 Å². The maximum absolute atomic E-state index is 16.0. The number of phosphoric acid groups is 2. The average Bonchev–Trinajstić information content (AvgIpc) is 3.72. The van der Waals surface area contributed by atoms with Crippen LogP contribution in [0, 0.1) is 5.92 Å². The van der Waals surface area contributed by atoms with Gasteiger partial charge >= 0.3 is 15.6 Å². The molecule has 3 aliphatic rings. The molecule has 22 heteroatoms. The first-order valence-electron chi connectivity index (χ1n) is 13.0. The van der Waals surface area contributed by atoms with Crippen molar-refractivity contribution in [3.8, 4) is 0 Å². The highest BCUT2D eigenvalue weighted by atomic mass is 31.2. The van der Waals surface area contributed by atoms with Crippen LogP contribution in [-0.4, -0.2) is 86.5 Å². The number of ether oxygens (including phenoxy) is 1. The predicted octanol–water partition coefficient (Wildman–Crippen LogP) is 1.04. The number of hydrogen-bond donors (Lipinski definition) is 4. The van der Waals surface area contributed by atoms with Crippen molar-refractivity contribution in [1.82, 2.24) is 39.0 Å². The molecule has 1 aliphatic carbocycles. The Labute approximate surface area is 240 Å². The Morgan fingerprint density at radius 2 is 1.42 bits per heavy atom. The van der Waals surface area contributed by atoms with Gasteiger partial charge in [-0.25, -0.2) is 43.4 Å². The first-order chi connectivity index (χ1) is 20.5. The van der Waals surface area contributed by atoms with Crippen molar-refractivity contribution in [2.45, 2.75) is 49.6 Å². The standard InChI is InChI=1S/C21H25FN10O9P2/c22-14-10(31-7-29-15-18(23)25-5-27-20(15)31)1-9-3-37-42(33,34)40-11-2-13(32-8-30-16-19(24)26-6-28-21(16)32)39-12(11)4-38-43(35,36)41-17(9)14/h5-14,17H,1-4H2,(H,33,34)(H,35,36)(H2,23,25,27)(H2,24,26,28)/t9?,10?,11-,12?,13-,14?,17?/m1/s1. The van der Waals surface area contributed by atoms with Crippen LogP contribution >= 0.6 is 15.6 Å².